The maximum Gasteiger partial charge on any atom is 0.243 e. The van der Waals surface area contributed by atoms with Crippen LogP contribution in [0.4, 0.5) is 8.78 Å². The smallest absolute Gasteiger partial charge is 0.243 e. The minimum Gasteiger partial charge on any atom is -0.466 e. The van der Waals surface area contributed by atoms with E-state index in [-0.39, 0.29) is 6.54 Å². The Balaban J connectivity index is 1.72. The standard InChI is InChI=1S/C16H13F2NO4S2/c17-10-3-5-12(18)15(8-10)25(21,22)19-9-11-4-6-14(24-11)16(20)13-2-1-7-23-13/h1-8,16,19-20H,9H2. The van der Waals surface area contributed by atoms with Crippen LogP contribution in [0.2, 0.25) is 0 Å². The first-order valence-electron chi connectivity index (χ1n) is 7.11. The highest BCUT2D eigenvalue weighted by Crippen LogP contribution is 2.29. The molecule has 0 saturated heterocycles. The molecule has 0 radical (unpaired) electrons. The summed E-state index contributed by atoms with van der Waals surface area (Å²) in [4.78, 5) is 0.418. The number of hydrogen-bond donors (Lipinski definition) is 2. The summed E-state index contributed by atoms with van der Waals surface area (Å²) < 4.78 is 58.4. The largest absolute Gasteiger partial charge is 0.466 e. The summed E-state index contributed by atoms with van der Waals surface area (Å²) in [6.07, 6.45) is 0.486. The molecular formula is C16H13F2NO4S2. The fourth-order valence-electron chi connectivity index (χ4n) is 2.15. The zero-order valence-corrected chi connectivity index (χ0v) is 14.3. The lowest BCUT2D eigenvalue weighted by atomic mass is 10.2. The van der Waals surface area contributed by atoms with Gasteiger partial charge in [0.25, 0.3) is 0 Å². The average molecular weight is 385 g/mol. The van der Waals surface area contributed by atoms with Gasteiger partial charge in [0.05, 0.1) is 6.26 Å². The lowest BCUT2D eigenvalue weighted by molar-refractivity contribution is 0.193. The minimum absolute atomic E-state index is 0.117. The van der Waals surface area contributed by atoms with E-state index in [1.165, 1.54) is 17.6 Å². The highest BCUT2D eigenvalue weighted by atomic mass is 32.2. The lowest BCUT2D eigenvalue weighted by Gasteiger charge is -2.07. The Kier molecular flexibility index (Phi) is 5.00. The Labute approximate surface area is 146 Å². The number of nitrogens with one attached hydrogen (secondary N) is 1. The topological polar surface area (TPSA) is 79.5 Å². The Bertz CT molecular complexity index is 968. The average Bonchev–Trinajstić information content (AvgIpc) is 3.26. The maximum absolute atomic E-state index is 13.6. The van der Waals surface area contributed by atoms with Gasteiger partial charge in [-0.15, -0.1) is 11.3 Å². The van der Waals surface area contributed by atoms with Crippen LogP contribution in [0.15, 0.2) is 58.0 Å². The van der Waals surface area contributed by atoms with Crippen LogP contribution in [-0.4, -0.2) is 13.5 Å². The number of rotatable bonds is 6. The number of aliphatic hydroxyl groups excluding tert-OH is 1. The number of thiophene rings is 1. The summed E-state index contributed by atoms with van der Waals surface area (Å²) in [6.45, 7) is -0.117. The van der Waals surface area contributed by atoms with E-state index in [2.05, 4.69) is 4.72 Å². The highest BCUT2D eigenvalue weighted by Gasteiger charge is 2.21. The fraction of sp³-hybridized carbons (Fsp3) is 0.125. The molecule has 0 fully saturated rings. The molecule has 1 atom stereocenters. The van der Waals surface area contributed by atoms with Crippen molar-refractivity contribution in [3.8, 4) is 0 Å². The number of hydrogen-bond acceptors (Lipinski definition) is 5. The van der Waals surface area contributed by atoms with Gasteiger partial charge in [-0.2, -0.15) is 0 Å². The van der Waals surface area contributed by atoms with E-state index >= 15 is 0 Å². The van der Waals surface area contributed by atoms with Crippen molar-refractivity contribution in [2.75, 3.05) is 0 Å². The molecule has 132 valence electrons. The molecule has 3 rings (SSSR count). The van der Waals surface area contributed by atoms with E-state index in [1.807, 2.05) is 0 Å². The van der Waals surface area contributed by atoms with Gasteiger partial charge in [0, 0.05) is 16.3 Å². The highest BCUT2D eigenvalue weighted by molar-refractivity contribution is 7.89. The van der Waals surface area contributed by atoms with Crippen molar-refractivity contribution in [3.05, 3.63) is 75.9 Å². The molecule has 9 heteroatoms. The third kappa shape index (κ3) is 3.96. The van der Waals surface area contributed by atoms with E-state index in [0.29, 0.717) is 21.6 Å². The molecule has 2 aromatic heterocycles. The van der Waals surface area contributed by atoms with Crippen LogP contribution in [0, 0.1) is 11.6 Å². The summed E-state index contributed by atoms with van der Waals surface area (Å²) in [7, 11) is -4.21. The Morgan fingerprint density at radius 1 is 1.20 bits per heavy atom. The molecule has 3 aromatic rings. The molecule has 1 unspecified atom stereocenters. The molecule has 0 bridgehead atoms. The molecule has 0 aliphatic heterocycles. The second-order valence-electron chi connectivity index (χ2n) is 5.12. The SMILES string of the molecule is O=S(=O)(NCc1ccc(C(O)c2ccco2)s1)c1cc(F)ccc1F. The lowest BCUT2D eigenvalue weighted by Crippen LogP contribution is -2.24. The Morgan fingerprint density at radius 2 is 2.00 bits per heavy atom. The van der Waals surface area contributed by atoms with Crippen molar-refractivity contribution in [2.45, 2.75) is 17.5 Å². The summed E-state index contributed by atoms with van der Waals surface area (Å²) >= 11 is 1.18. The fourth-order valence-corrected chi connectivity index (χ4v) is 4.28. The summed E-state index contributed by atoms with van der Waals surface area (Å²) in [6, 6.07) is 8.77. The third-order valence-electron chi connectivity index (χ3n) is 3.38. The van der Waals surface area contributed by atoms with Crippen molar-refractivity contribution in [3.63, 3.8) is 0 Å². The quantitative estimate of drug-likeness (QED) is 0.683. The van der Waals surface area contributed by atoms with Crippen LogP contribution in [0.5, 0.6) is 0 Å². The van der Waals surface area contributed by atoms with Crippen LogP contribution in [0.25, 0.3) is 0 Å². The number of sulfonamides is 1. The first-order chi connectivity index (χ1) is 11.9. The zero-order chi connectivity index (χ0) is 18.0. The van der Waals surface area contributed by atoms with Gasteiger partial charge < -0.3 is 9.52 Å². The van der Waals surface area contributed by atoms with Crippen LogP contribution in [0.1, 0.15) is 21.6 Å². The van der Waals surface area contributed by atoms with Crippen LogP contribution >= 0.6 is 11.3 Å². The second kappa shape index (κ2) is 7.04. The van der Waals surface area contributed by atoms with Gasteiger partial charge in [0.15, 0.2) is 0 Å². The minimum atomic E-state index is -4.21. The molecule has 2 N–H and O–H groups in total. The Morgan fingerprint density at radius 3 is 2.72 bits per heavy atom. The molecule has 0 amide bonds. The van der Waals surface area contributed by atoms with Gasteiger partial charge >= 0.3 is 0 Å². The summed E-state index contributed by atoms with van der Waals surface area (Å²) in [5.41, 5.74) is 0. The monoisotopic (exact) mass is 385 g/mol. The number of aliphatic hydroxyl groups is 1. The van der Waals surface area contributed by atoms with Crippen molar-refractivity contribution < 1.29 is 26.7 Å². The number of benzene rings is 1. The van der Waals surface area contributed by atoms with Crippen LogP contribution < -0.4 is 4.72 Å². The summed E-state index contributed by atoms with van der Waals surface area (Å²) in [5, 5.41) is 10.2. The predicted octanol–water partition coefficient (Wildman–Crippen LogP) is 3.18. The van der Waals surface area contributed by atoms with Gasteiger partial charge in [-0.25, -0.2) is 21.9 Å². The van der Waals surface area contributed by atoms with E-state index in [9.17, 15) is 22.3 Å². The van der Waals surface area contributed by atoms with Crippen molar-refractivity contribution in [1.29, 1.82) is 0 Å². The maximum atomic E-state index is 13.6. The summed E-state index contributed by atoms with van der Waals surface area (Å²) in [5.74, 6) is -1.51. The van der Waals surface area contributed by atoms with Gasteiger partial charge in [-0.3, -0.25) is 0 Å². The third-order valence-corrected chi connectivity index (χ3v) is 5.94. The van der Waals surface area contributed by atoms with Crippen molar-refractivity contribution in [1.82, 2.24) is 4.72 Å². The second-order valence-corrected chi connectivity index (χ2v) is 8.06. The molecule has 0 saturated carbocycles. The zero-order valence-electron chi connectivity index (χ0n) is 12.6. The van der Waals surface area contributed by atoms with Crippen molar-refractivity contribution in [2.24, 2.45) is 0 Å². The first kappa shape index (κ1) is 17.7. The van der Waals surface area contributed by atoms with E-state index in [1.54, 1.807) is 24.3 Å². The van der Waals surface area contributed by atoms with Crippen molar-refractivity contribution >= 4 is 21.4 Å². The van der Waals surface area contributed by atoms with Gasteiger partial charge in [-0.05, 0) is 42.5 Å². The van der Waals surface area contributed by atoms with E-state index < -0.39 is 32.7 Å². The van der Waals surface area contributed by atoms with E-state index in [0.717, 1.165) is 12.1 Å². The van der Waals surface area contributed by atoms with Crippen LogP contribution in [0.3, 0.4) is 0 Å². The molecule has 25 heavy (non-hydrogen) atoms. The molecule has 2 heterocycles. The molecule has 0 aliphatic carbocycles. The van der Waals surface area contributed by atoms with Gasteiger partial charge in [0.2, 0.25) is 10.0 Å². The first-order valence-corrected chi connectivity index (χ1v) is 9.41. The number of furan rings is 1. The predicted molar refractivity (Wildman–Crippen MR) is 87.5 cm³/mol. The van der Waals surface area contributed by atoms with Gasteiger partial charge in [-0.1, -0.05) is 0 Å². The normalized spacial score (nSPS) is 13.1. The molecular weight excluding hydrogens is 372 g/mol. The molecule has 1 aromatic carbocycles. The van der Waals surface area contributed by atoms with Gasteiger partial charge in [0.1, 0.15) is 28.4 Å². The van der Waals surface area contributed by atoms with E-state index in [4.69, 9.17) is 4.42 Å². The molecule has 5 nitrogen and oxygen atoms in total. The Hall–Kier alpha value is -2.07. The number of halogens is 2. The van der Waals surface area contributed by atoms with Crippen LogP contribution in [-0.2, 0) is 16.6 Å². The molecule has 0 aliphatic rings. The molecule has 0 spiro atoms.